The van der Waals surface area contributed by atoms with Crippen LogP contribution in [0.1, 0.15) is 81.6 Å². The number of carbonyl (C=O) groups is 1. The van der Waals surface area contributed by atoms with E-state index in [0.29, 0.717) is 18.5 Å². The fraction of sp³-hybridized carbons (Fsp3) is 0.810. The number of nitrogens with zero attached hydrogens (tertiary/aromatic N) is 3. The van der Waals surface area contributed by atoms with Gasteiger partial charge >= 0.3 is 6.03 Å². The van der Waals surface area contributed by atoms with Crippen LogP contribution in [0.3, 0.4) is 0 Å². The Kier molecular flexibility index (Phi) is 6.01. The molecule has 6 heteroatoms. The fourth-order valence-electron chi connectivity index (χ4n) is 4.81. The highest BCUT2D eigenvalue weighted by Crippen LogP contribution is 2.40. The quantitative estimate of drug-likeness (QED) is 0.787. The number of nitrogens with one attached hydrogen (secondary N) is 1. The van der Waals surface area contributed by atoms with Gasteiger partial charge in [0.05, 0.1) is 6.54 Å². The van der Waals surface area contributed by atoms with E-state index in [4.69, 9.17) is 4.52 Å². The molecule has 6 nitrogen and oxygen atoms in total. The van der Waals surface area contributed by atoms with Gasteiger partial charge in [-0.25, -0.2) is 4.79 Å². The Labute approximate surface area is 162 Å². The molecule has 3 aliphatic rings. The number of amides is 2. The first-order chi connectivity index (χ1) is 13.2. The van der Waals surface area contributed by atoms with Gasteiger partial charge in [-0.15, -0.1) is 0 Å². The molecule has 2 aliphatic carbocycles. The number of aromatic nitrogens is 1. The maximum atomic E-state index is 12.4. The van der Waals surface area contributed by atoms with Crippen molar-refractivity contribution < 1.29 is 9.32 Å². The first-order valence-electron chi connectivity index (χ1n) is 10.9. The van der Waals surface area contributed by atoms with Gasteiger partial charge in [-0.2, -0.15) is 0 Å². The maximum absolute atomic E-state index is 12.4. The van der Waals surface area contributed by atoms with E-state index < -0.39 is 0 Å². The van der Waals surface area contributed by atoms with Crippen molar-refractivity contribution in [1.82, 2.24) is 20.3 Å². The summed E-state index contributed by atoms with van der Waals surface area (Å²) in [4.78, 5) is 16.9. The van der Waals surface area contributed by atoms with Gasteiger partial charge in [-0.1, -0.05) is 24.4 Å². The summed E-state index contributed by atoms with van der Waals surface area (Å²) >= 11 is 0. The van der Waals surface area contributed by atoms with E-state index in [1.165, 1.54) is 64.3 Å². The number of piperidine rings is 1. The molecular weight excluding hydrogens is 340 g/mol. The SMILES string of the molecule is CN(Cc1cc(C2CC2)on1)C(=O)NCCC1CCCCN1C1CCCC1. The minimum absolute atomic E-state index is 0.0193. The molecule has 3 fully saturated rings. The summed E-state index contributed by atoms with van der Waals surface area (Å²) < 4.78 is 5.38. The molecule has 0 radical (unpaired) electrons. The van der Waals surface area contributed by atoms with E-state index in [9.17, 15) is 4.79 Å². The van der Waals surface area contributed by atoms with Crippen LogP contribution < -0.4 is 5.32 Å². The number of likely N-dealkylation sites (tertiary alicyclic amines) is 1. The van der Waals surface area contributed by atoms with Crippen LogP contribution in [0.4, 0.5) is 4.79 Å². The molecule has 2 saturated carbocycles. The largest absolute Gasteiger partial charge is 0.361 e. The summed E-state index contributed by atoms with van der Waals surface area (Å²) in [5.74, 6) is 1.53. The molecule has 1 aromatic rings. The summed E-state index contributed by atoms with van der Waals surface area (Å²) in [6.07, 6.45) is 12.9. The topological polar surface area (TPSA) is 61.6 Å². The standard InChI is InChI=1S/C21H34N4O2/c1-24(15-17-14-20(27-23-17)16-9-10-16)21(26)22-12-11-19-8-4-5-13-25(19)18-6-2-3-7-18/h14,16,18-19H,2-13,15H2,1H3,(H,22,26). The van der Waals surface area contributed by atoms with Crippen molar-refractivity contribution in [3.8, 4) is 0 Å². The first-order valence-corrected chi connectivity index (χ1v) is 10.9. The average molecular weight is 375 g/mol. The van der Waals surface area contributed by atoms with E-state index >= 15 is 0 Å². The Hall–Kier alpha value is -1.56. The molecular formula is C21H34N4O2. The molecule has 0 bridgehead atoms. The van der Waals surface area contributed by atoms with Crippen LogP contribution in [-0.4, -0.2) is 53.2 Å². The Morgan fingerprint density at radius 2 is 2.00 bits per heavy atom. The van der Waals surface area contributed by atoms with Crippen molar-refractivity contribution in [2.45, 2.75) is 88.8 Å². The monoisotopic (exact) mass is 374 g/mol. The Morgan fingerprint density at radius 3 is 2.78 bits per heavy atom. The maximum Gasteiger partial charge on any atom is 0.317 e. The van der Waals surface area contributed by atoms with Crippen molar-refractivity contribution in [3.05, 3.63) is 17.5 Å². The van der Waals surface area contributed by atoms with E-state index in [-0.39, 0.29) is 6.03 Å². The highest BCUT2D eigenvalue weighted by molar-refractivity contribution is 5.73. The van der Waals surface area contributed by atoms with Gasteiger partial charge in [0.1, 0.15) is 11.5 Å². The molecule has 1 unspecified atom stereocenters. The van der Waals surface area contributed by atoms with Crippen molar-refractivity contribution in [1.29, 1.82) is 0 Å². The molecule has 150 valence electrons. The molecule has 1 saturated heterocycles. The molecule has 4 rings (SSSR count). The lowest BCUT2D eigenvalue weighted by Crippen LogP contribution is -2.47. The van der Waals surface area contributed by atoms with Crippen LogP contribution in [0.15, 0.2) is 10.6 Å². The second-order valence-electron chi connectivity index (χ2n) is 8.70. The lowest BCUT2D eigenvalue weighted by Gasteiger charge is -2.40. The summed E-state index contributed by atoms with van der Waals surface area (Å²) in [6, 6.07) is 3.42. The molecule has 1 N–H and O–H groups in total. The highest BCUT2D eigenvalue weighted by atomic mass is 16.5. The van der Waals surface area contributed by atoms with Crippen molar-refractivity contribution in [2.24, 2.45) is 0 Å². The molecule has 27 heavy (non-hydrogen) atoms. The molecule has 2 amide bonds. The Bertz CT molecular complexity index is 621. The molecule has 1 aliphatic heterocycles. The van der Waals surface area contributed by atoms with Gasteiger partial charge < -0.3 is 14.7 Å². The van der Waals surface area contributed by atoms with Crippen LogP contribution in [-0.2, 0) is 6.54 Å². The van der Waals surface area contributed by atoms with Gasteiger partial charge in [-0.05, 0) is 51.5 Å². The Balaban J connectivity index is 1.20. The zero-order valence-corrected chi connectivity index (χ0v) is 16.7. The van der Waals surface area contributed by atoms with Crippen LogP contribution >= 0.6 is 0 Å². The summed E-state index contributed by atoms with van der Waals surface area (Å²) in [6.45, 7) is 2.50. The normalized spacial score (nSPS) is 24.3. The number of carbonyl (C=O) groups excluding carboxylic acids is 1. The third kappa shape index (κ3) is 4.84. The lowest BCUT2D eigenvalue weighted by atomic mass is 9.96. The third-order valence-corrected chi connectivity index (χ3v) is 6.52. The lowest BCUT2D eigenvalue weighted by molar-refractivity contribution is 0.0912. The molecule has 1 atom stereocenters. The van der Waals surface area contributed by atoms with Crippen molar-refractivity contribution in [3.63, 3.8) is 0 Å². The van der Waals surface area contributed by atoms with Crippen LogP contribution in [0.25, 0.3) is 0 Å². The molecule has 2 heterocycles. The van der Waals surface area contributed by atoms with E-state index in [0.717, 1.165) is 30.5 Å². The number of hydrogen-bond donors (Lipinski definition) is 1. The zero-order chi connectivity index (χ0) is 18.6. The summed E-state index contributed by atoms with van der Waals surface area (Å²) in [5, 5.41) is 7.21. The minimum Gasteiger partial charge on any atom is -0.361 e. The number of rotatable bonds is 7. The van der Waals surface area contributed by atoms with Gasteiger partial charge in [0.15, 0.2) is 0 Å². The number of urea groups is 1. The van der Waals surface area contributed by atoms with Gasteiger partial charge in [0.25, 0.3) is 0 Å². The predicted molar refractivity (Wildman–Crippen MR) is 105 cm³/mol. The second kappa shape index (κ2) is 8.63. The first kappa shape index (κ1) is 18.8. The number of hydrogen-bond acceptors (Lipinski definition) is 4. The van der Waals surface area contributed by atoms with Crippen LogP contribution in [0.2, 0.25) is 0 Å². The average Bonchev–Trinajstić information content (AvgIpc) is 3.18. The highest BCUT2D eigenvalue weighted by Gasteiger charge is 2.30. The molecule has 0 spiro atoms. The molecule has 1 aromatic heterocycles. The van der Waals surface area contributed by atoms with Gasteiger partial charge in [0, 0.05) is 37.7 Å². The minimum atomic E-state index is -0.0193. The second-order valence-corrected chi connectivity index (χ2v) is 8.70. The summed E-state index contributed by atoms with van der Waals surface area (Å²) in [5.41, 5.74) is 0.842. The van der Waals surface area contributed by atoms with Crippen molar-refractivity contribution >= 4 is 6.03 Å². The van der Waals surface area contributed by atoms with Gasteiger partial charge in [-0.3, -0.25) is 4.90 Å². The van der Waals surface area contributed by atoms with Crippen molar-refractivity contribution in [2.75, 3.05) is 20.1 Å². The molecule has 0 aromatic carbocycles. The zero-order valence-electron chi connectivity index (χ0n) is 16.7. The van der Waals surface area contributed by atoms with Crippen LogP contribution in [0, 0.1) is 0 Å². The fourth-order valence-corrected chi connectivity index (χ4v) is 4.81. The smallest absolute Gasteiger partial charge is 0.317 e. The predicted octanol–water partition coefficient (Wildman–Crippen LogP) is 3.88. The summed E-state index contributed by atoms with van der Waals surface area (Å²) in [7, 11) is 1.83. The third-order valence-electron chi connectivity index (χ3n) is 6.52. The van der Waals surface area contributed by atoms with Crippen LogP contribution in [0.5, 0.6) is 0 Å². The van der Waals surface area contributed by atoms with E-state index in [1.54, 1.807) is 4.90 Å². The Morgan fingerprint density at radius 1 is 1.22 bits per heavy atom. The van der Waals surface area contributed by atoms with E-state index in [2.05, 4.69) is 15.4 Å². The van der Waals surface area contributed by atoms with E-state index in [1.807, 2.05) is 13.1 Å². The van der Waals surface area contributed by atoms with Gasteiger partial charge in [0.2, 0.25) is 0 Å².